The number of nitro benzene ring substituents is 1. The maximum Gasteiger partial charge on any atom is 0.327 e. The number of benzene rings is 1. The van der Waals surface area contributed by atoms with Crippen LogP contribution in [0.2, 0.25) is 0 Å². The molecular weight excluding hydrogens is 266 g/mol. The first-order chi connectivity index (χ1) is 9.51. The second kappa shape index (κ2) is 6.15. The van der Waals surface area contributed by atoms with Gasteiger partial charge in [0.1, 0.15) is 11.5 Å². The maximum absolute atomic E-state index is 13.5. The van der Waals surface area contributed by atoms with Gasteiger partial charge in [0, 0.05) is 18.2 Å². The first-order valence-corrected chi connectivity index (χ1v) is 6.91. The summed E-state index contributed by atoms with van der Waals surface area (Å²) in [6.45, 7) is 2.11. The van der Waals surface area contributed by atoms with Crippen LogP contribution in [0.1, 0.15) is 39.0 Å². The monoisotopic (exact) mass is 284 g/mol. The molecule has 4 nitrogen and oxygen atoms in total. The Balaban J connectivity index is 2.22. The summed E-state index contributed by atoms with van der Waals surface area (Å²) in [4.78, 5) is 10.1. The largest absolute Gasteiger partial charge is 0.377 e. The van der Waals surface area contributed by atoms with Gasteiger partial charge in [0.2, 0.25) is 5.82 Å². The Morgan fingerprint density at radius 2 is 2.15 bits per heavy atom. The molecule has 110 valence electrons. The molecular formula is C14H18F2N2O2. The molecule has 0 aromatic heterocycles. The van der Waals surface area contributed by atoms with E-state index in [2.05, 4.69) is 12.2 Å². The van der Waals surface area contributed by atoms with E-state index in [1.165, 1.54) is 0 Å². The van der Waals surface area contributed by atoms with Gasteiger partial charge in [0.25, 0.3) is 0 Å². The topological polar surface area (TPSA) is 55.2 Å². The number of rotatable bonds is 4. The van der Waals surface area contributed by atoms with Gasteiger partial charge in [-0.25, -0.2) is 4.39 Å². The van der Waals surface area contributed by atoms with E-state index in [4.69, 9.17) is 0 Å². The highest BCUT2D eigenvalue weighted by atomic mass is 19.1. The van der Waals surface area contributed by atoms with Crippen LogP contribution in [0, 0.1) is 27.7 Å². The molecule has 1 aromatic carbocycles. The molecule has 0 bridgehead atoms. The standard InChI is InChI=1S/C14H18F2N2O2/c1-2-9-4-3-5-11(6-9)17-13-8-10(15)7-12(16)14(13)18(19)20/h7-9,11,17H,2-6H2,1H3. The van der Waals surface area contributed by atoms with Gasteiger partial charge in [-0.15, -0.1) is 0 Å². The van der Waals surface area contributed by atoms with E-state index in [-0.39, 0.29) is 11.7 Å². The minimum Gasteiger partial charge on any atom is -0.377 e. The Kier molecular flexibility index (Phi) is 4.52. The smallest absolute Gasteiger partial charge is 0.327 e. The number of anilines is 1. The van der Waals surface area contributed by atoms with Crippen molar-refractivity contribution < 1.29 is 13.7 Å². The molecule has 2 unspecified atom stereocenters. The quantitative estimate of drug-likeness (QED) is 0.664. The van der Waals surface area contributed by atoms with E-state index in [9.17, 15) is 18.9 Å². The summed E-state index contributed by atoms with van der Waals surface area (Å²) in [6.07, 6.45) is 4.98. The third-order valence-corrected chi connectivity index (χ3v) is 3.93. The summed E-state index contributed by atoms with van der Waals surface area (Å²) in [5.41, 5.74) is -0.737. The number of hydrogen-bond donors (Lipinski definition) is 1. The van der Waals surface area contributed by atoms with E-state index >= 15 is 0 Å². The third kappa shape index (κ3) is 3.23. The van der Waals surface area contributed by atoms with E-state index in [0.29, 0.717) is 12.0 Å². The van der Waals surface area contributed by atoms with Gasteiger partial charge in [-0.05, 0) is 18.8 Å². The molecule has 2 rings (SSSR count). The molecule has 6 heteroatoms. The SMILES string of the molecule is CCC1CCCC(Nc2cc(F)cc(F)c2[N+](=O)[O-])C1. The summed E-state index contributed by atoms with van der Waals surface area (Å²) >= 11 is 0. The summed E-state index contributed by atoms with van der Waals surface area (Å²) in [6, 6.07) is 1.57. The zero-order valence-corrected chi connectivity index (χ0v) is 11.4. The van der Waals surface area contributed by atoms with Crippen LogP contribution >= 0.6 is 0 Å². The van der Waals surface area contributed by atoms with E-state index in [0.717, 1.165) is 38.2 Å². The number of halogens is 2. The van der Waals surface area contributed by atoms with E-state index in [1.54, 1.807) is 0 Å². The first-order valence-electron chi connectivity index (χ1n) is 6.91. The molecule has 0 heterocycles. The molecule has 0 radical (unpaired) electrons. The second-order valence-electron chi connectivity index (χ2n) is 5.32. The third-order valence-electron chi connectivity index (χ3n) is 3.93. The van der Waals surface area contributed by atoms with Crippen LogP contribution in [0.3, 0.4) is 0 Å². The van der Waals surface area contributed by atoms with Crippen LogP contribution in [0.4, 0.5) is 20.2 Å². The summed E-state index contributed by atoms with van der Waals surface area (Å²) in [7, 11) is 0. The van der Waals surface area contributed by atoms with Crippen molar-refractivity contribution in [3.8, 4) is 0 Å². The van der Waals surface area contributed by atoms with Crippen LogP contribution in [0.15, 0.2) is 12.1 Å². The number of nitrogens with one attached hydrogen (secondary N) is 1. The van der Waals surface area contributed by atoms with Crippen LogP contribution < -0.4 is 5.32 Å². The van der Waals surface area contributed by atoms with Crippen molar-refractivity contribution in [3.05, 3.63) is 33.9 Å². The Morgan fingerprint density at radius 3 is 2.80 bits per heavy atom. The van der Waals surface area contributed by atoms with Crippen molar-refractivity contribution in [1.29, 1.82) is 0 Å². The van der Waals surface area contributed by atoms with Gasteiger partial charge >= 0.3 is 5.69 Å². The fraction of sp³-hybridized carbons (Fsp3) is 0.571. The van der Waals surface area contributed by atoms with Crippen molar-refractivity contribution in [1.82, 2.24) is 0 Å². The minimum atomic E-state index is -1.14. The van der Waals surface area contributed by atoms with Crippen molar-refractivity contribution in [2.75, 3.05) is 5.32 Å². The first kappa shape index (κ1) is 14.7. The predicted molar refractivity (Wildman–Crippen MR) is 72.7 cm³/mol. The van der Waals surface area contributed by atoms with Crippen molar-refractivity contribution in [2.45, 2.75) is 45.1 Å². The molecule has 1 saturated carbocycles. The van der Waals surface area contributed by atoms with Crippen LogP contribution in [-0.2, 0) is 0 Å². The zero-order valence-electron chi connectivity index (χ0n) is 11.4. The van der Waals surface area contributed by atoms with Crippen LogP contribution in [-0.4, -0.2) is 11.0 Å². The lowest BCUT2D eigenvalue weighted by molar-refractivity contribution is -0.386. The van der Waals surface area contributed by atoms with E-state index in [1.807, 2.05) is 0 Å². The molecule has 20 heavy (non-hydrogen) atoms. The molecule has 0 amide bonds. The summed E-state index contributed by atoms with van der Waals surface area (Å²) < 4.78 is 26.8. The van der Waals surface area contributed by atoms with E-state index < -0.39 is 22.2 Å². The van der Waals surface area contributed by atoms with Crippen LogP contribution in [0.5, 0.6) is 0 Å². The molecule has 1 aliphatic carbocycles. The predicted octanol–water partition coefficient (Wildman–Crippen LogP) is 4.25. The fourth-order valence-electron chi connectivity index (χ4n) is 2.87. The van der Waals surface area contributed by atoms with Crippen LogP contribution in [0.25, 0.3) is 0 Å². The van der Waals surface area contributed by atoms with Gasteiger partial charge in [-0.1, -0.05) is 26.2 Å². The fourth-order valence-corrected chi connectivity index (χ4v) is 2.87. The molecule has 0 spiro atoms. The normalized spacial score (nSPS) is 22.6. The number of nitro groups is 1. The van der Waals surface area contributed by atoms with Crippen molar-refractivity contribution >= 4 is 11.4 Å². The molecule has 1 N–H and O–H groups in total. The lowest BCUT2D eigenvalue weighted by atomic mass is 9.84. The van der Waals surface area contributed by atoms with Gasteiger partial charge < -0.3 is 5.32 Å². The number of hydrogen-bond acceptors (Lipinski definition) is 3. The molecule has 1 fully saturated rings. The zero-order chi connectivity index (χ0) is 14.7. The van der Waals surface area contributed by atoms with Crippen molar-refractivity contribution in [3.63, 3.8) is 0 Å². The maximum atomic E-state index is 13.5. The summed E-state index contributed by atoms with van der Waals surface area (Å²) in [5.74, 6) is -1.38. The summed E-state index contributed by atoms with van der Waals surface area (Å²) in [5, 5.41) is 13.9. The highest BCUT2D eigenvalue weighted by Crippen LogP contribution is 2.33. The molecule has 1 aliphatic rings. The molecule has 1 aromatic rings. The average molecular weight is 284 g/mol. The molecule has 2 atom stereocenters. The minimum absolute atomic E-state index is 0.0357. The Bertz CT molecular complexity index is 508. The Hall–Kier alpha value is -1.72. The lowest BCUT2D eigenvalue weighted by Gasteiger charge is -2.29. The highest BCUT2D eigenvalue weighted by Gasteiger charge is 2.26. The number of nitrogens with zero attached hydrogens (tertiary/aromatic N) is 1. The van der Waals surface area contributed by atoms with Gasteiger partial charge in [-0.3, -0.25) is 10.1 Å². The molecule has 0 aliphatic heterocycles. The molecule has 0 saturated heterocycles. The van der Waals surface area contributed by atoms with Gasteiger partial charge in [0.15, 0.2) is 0 Å². The lowest BCUT2D eigenvalue weighted by Crippen LogP contribution is -2.27. The highest BCUT2D eigenvalue weighted by molar-refractivity contribution is 5.62. The van der Waals surface area contributed by atoms with Gasteiger partial charge in [0.05, 0.1) is 4.92 Å². The Morgan fingerprint density at radius 1 is 1.40 bits per heavy atom. The Labute approximate surface area is 116 Å². The average Bonchev–Trinajstić information content (AvgIpc) is 2.37. The van der Waals surface area contributed by atoms with Gasteiger partial charge in [-0.2, -0.15) is 4.39 Å². The van der Waals surface area contributed by atoms with Crippen molar-refractivity contribution in [2.24, 2.45) is 5.92 Å². The second-order valence-corrected chi connectivity index (χ2v) is 5.32.